The van der Waals surface area contributed by atoms with Gasteiger partial charge in [-0.15, -0.1) is 0 Å². The lowest BCUT2D eigenvalue weighted by molar-refractivity contribution is -0.606. The van der Waals surface area contributed by atoms with E-state index in [2.05, 4.69) is 36.7 Å². The predicted molar refractivity (Wildman–Crippen MR) is 88.9 cm³/mol. The first-order chi connectivity index (χ1) is 11.1. The molecule has 0 bridgehead atoms. The van der Waals surface area contributed by atoms with Gasteiger partial charge in [-0.1, -0.05) is 6.07 Å². The highest BCUT2D eigenvalue weighted by atomic mass is 16.5. The number of ether oxygens (including phenoxy) is 1. The van der Waals surface area contributed by atoms with Crippen LogP contribution in [0.25, 0.3) is 17.1 Å². The Kier molecular flexibility index (Phi) is 3.98. The standard InChI is InChI=1S/C19H18N2O2/c1-13-7-8-14(2)21(12-13)19-6-4-5-17(20-19)16-10-9-15(22)11-18(16)23-3/h4-12H,1-3H3/p+1. The maximum Gasteiger partial charge on any atom is 0.328 e. The first-order valence-corrected chi connectivity index (χ1v) is 7.42. The zero-order chi connectivity index (χ0) is 16.4. The fraction of sp³-hybridized carbons (Fsp3) is 0.158. The summed E-state index contributed by atoms with van der Waals surface area (Å²) in [5, 5.41) is 9.61. The van der Waals surface area contributed by atoms with E-state index in [0.29, 0.717) is 5.75 Å². The molecule has 0 amide bonds. The van der Waals surface area contributed by atoms with Gasteiger partial charge >= 0.3 is 5.82 Å². The number of phenolic OH excluding ortho intramolecular Hbond substituents is 1. The van der Waals surface area contributed by atoms with Gasteiger partial charge in [-0.05, 0) is 54.7 Å². The van der Waals surface area contributed by atoms with Crippen molar-refractivity contribution in [2.75, 3.05) is 7.11 Å². The summed E-state index contributed by atoms with van der Waals surface area (Å²) < 4.78 is 7.42. The van der Waals surface area contributed by atoms with E-state index in [9.17, 15) is 5.11 Å². The Balaban J connectivity index is 2.12. The number of aryl methyl sites for hydroxylation is 2. The van der Waals surface area contributed by atoms with Gasteiger partial charge in [-0.3, -0.25) is 0 Å². The molecule has 23 heavy (non-hydrogen) atoms. The highest BCUT2D eigenvalue weighted by Crippen LogP contribution is 2.31. The molecule has 3 aromatic rings. The molecule has 1 N–H and O–H groups in total. The van der Waals surface area contributed by atoms with Crippen LogP contribution >= 0.6 is 0 Å². The summed E-state index contributed by atoms with van der Waals surface area (Å²) in [6.07, 6.45) is 2.06. The van der Waals surface area contributed by atoms with Crippen molar-refractivity contribution in [1.82, 2.24) is 4.98 Å². The molecule has 0 saturated carbocycles. The summed E-state index contributed by atoms with van der Waals surface area (Å²) >= 11 is 0. The minimum atomic E-state index is 0.172. The third-order valence-electron chi connectivity index (χ3n) is 3.74. The summed E-state index contributed by atoms with van der Waals surface area (Å²) in [7, 11) is 1.58. The summed E-state index contributed by atoms with van der Waals surface area (Å²) in [5.74, 6) is 1.62. The molecule has 2 aromatic heterocycles. The third kappa shape index (κ3) is 3.01. The Morgan fingerprint density at radius 2 is 1.87 bits per heavy atom. The molecule has 0 aliphatic rings. The summed E-state index contributed by atoms with van der Waals surface area (Å²) in [6, 6.07) is 15.1. The largest absolute Gasteiger partial charge is 0.508 e. The molecule has 1 aromatic carbocycles. The normalized spacial score (nSPS) is 10.6. The topological polar surface area (TPSA) is 46.2 Å². The van der Waals surface area contributed by atoms with Crippen LogP contribution in [0.1, 0.15) is 11.3 Å². The molecule has 0 spiro atoms. The Labute approximate surface area is 135 Å². The molecular formula is C19H19N2O2+. The zero-order valence-corrected chi connectivity index (χ0v) is 13.4. The summed E-state index contributed by atoms with van der Waals surface area (Å²) in [5.41, 5.74) is 3.92. The van der Waals surface area contributed by atoms with Crippen molar-refractivity contribution in [3.8, 4) is 28.6 Å². The predicted octanol–water partition coefficient (Wildman–Crippen LogP) is 3.36. The van der Waals surface area contributed by atoms with E-state index in [-0.39, 0.29) is 5.75 Å². The minimum absolute atomic E-state index is 0.172. The van der Waals surface area contributed by atoms with Crippen LogP contribution < -0.4 is 9.30 Å². The quantitative estimate of drug-likeness (QED) is 0.755. The molecule has 4 nitrogen and oxygen atoms in total. The van der Waals surface area contributed by atoms with Gasteiger partial charge in [0.15, 0.2) is 5.69 Å². The fourth-order valence-corrected chi connectivity index (χ4v) is 2.53. The highest BCUT2D eigenvalue weighted by Gasteiger charge is 2.17. The number of aromatic hydroxyl groups is 1. The van der Waals surface area contributed by atoms with Crippen molar-refractivity contribution < 1.29 is 14.4 Å². The molecule has 0 saturated heterocycles. The Bertz CT molecular complexity index is 860. The number of benzene rings is 1. The fourth-order valence-electron chi connectivity index (χ4n) is 2.53. The van der Waals surface area contributed by atoms with Crippen LogP contribution in [-0.2, 0) is 0 Å². The van der Waals surface area contributed by atoms with Gasteiger partial charge in [-0.2, -0.15) is 0 Å². The molecule has 0 unspecified atom stereocenters. The van der Waals surface area contributed by atoms with Crippen molar-refractivity contribution in [1.29, 1.82) is 0 Å². The summed E-state index contributed by atoms with van der Waals surface area (Å²) in [4.78, 5) is 4.75. The molecule has 0 atom stereocenters. The van der Waals surface area contributed by atoms with Crippen LogP contribution in [0.15, 0.2) is 54.7 Å². The van der Waals surface area contributed by atoms with E-state index >= 15 is 0 Å². The van der Waals surface area contributed by atoms with E-state index in [1.165, 1.54) is 5.56 Å². The molecule has 0 radical (unpaired) electrons. The molecular weight excluding hydrogens is 288 g/mol. The van der Waals surface area contributed by atoms with E-state index in [1.807, 2.05) is 24.3 Å². The monoisotopic (exact) mass is 307 g/mol. The maximum absolute atomic E-state index is 9.61. The molecule has 116 valence electrons. The first kappa shape index (κ1) is 15.0. The molecule has 3 rings (SSSR count). The summed E-state index contributed by atoms with van der Waals surface area (Å²) in [6.45, 7) is 4.11. The van der Waals surface area contributed by atoms with Gasteiger partial charge in [0.05, 0.1) is 18.9 Å². The lowest BCUT2D eigenvalue weighted by atomic mass is 10.1. The van der Waals surface area contributed by atoms with Gasteiger partial charge in [0.25, 0.3) is 0 Å². The molecule has 4 heteroatoms. The smallest absolute Gasteiger partial charge is 0.328 e. The number of methoxy groups -OCH3 is 1. The zero-order valence-electron chi connectivity index (χ0n) is 13.4. The van der Waals surface area contributed by atoms with Gasteiger partial charge in [0.1, 0.15) is 17.2 Å². The van der Waals surface area contributed by atoms with Crippen LogP contribution in [0.2, 0.25) is 0 Å². The van der Waals surface area contributed by atoms with Crippen LogP contribution in [0.3, 0.4) is 0 Å². The van der Waals surface area contributed by atoms with Crippen LogP contribution in [0.5, 0.6) is 11.5 Å². The van der Waals surface area contributed by atoms with E-state index in [0.717, 1.165) is 22.8 Å². The number of hydrogen-bond acceptors (Lipinski definition) is 3. The lowest BCUT2D eigenvalue weighted by Crippen LogP contribution is -2.35. The van der Waals surface area contributed by atoms with Crippen LogP contribution in [0.4, 0.5) is 0 Å². The average molecular weight is 307 g/mol. The minimum Gasteiger partial charge on any atom is -0.508 e. The molecule has 0 aliphatic heterocycles. The van der Waals surface area contributed by atoms with Crippen molar-refractivity contribution in [2.45, 2.75) is 13.8 Å². The number of rotatable bonds is 3. The molecule has 0 aliphatic carbocycles. The Hall–Kier alpha value is -2.88. The Morgan fingerprint density at radius 1 is 1.04 bits per heavy atom. The molecule has 0 fully saturated rings. The SMILES string of the molecule is COc1cc(O)ccc1-c1cccc(-[n+]2cc(C)ccc2C)n1. The third-order valence-corrected chi connectivity index (χ3v) is 3.74. The number of aromatic nitrogens is 2. The van der Waals surface area contributed by atoms with Crippen LogP contribution in [-0.4, -0.2) is 17.2 Å². The number of phenols is 1. The van der Waals surface area contributed by atoms with Crippen molar-refractivity contribution in [3.63, 3.8) is 0 Å². The van der Waals surface area contributed by atoms with E-state index < -0.39 is 0 Å². The van der Waals surface area contributed by atoms with E-state index in [4.69, 9.17) is 9.72 Å². The van der Waals surface area contributed by atoms with Crippen LogP contribution in [0, 0.1) is 13.8 Å². The second kappa shape index (κ2) is 6.08. The van der Waals surface area contributed by atoms with Crippen molar-refractivity contribution in [3.05, 3.63) is 66.0 Å². The first-order valence-electron chi connectivity index (χ1n) is 7.42. The van der Waals surface area contributed by atoms with Gasteiger partial charge in [0.2, 0.25) is 0 Å². The maximum atomic E-state index is 9.61. The van der Waals surface area contributed by atoms with E-state index in [1.54, 1.807) is 19.2 Å². The lowest BCUT2D eigenvalue weighted by Gasteiger charge is -2.07. The second-order valence-electron chi connectivity index (χ2n) is 5.48. The second-order valence-corrected chi connectivity index (χ2v) is 5.48. The average Bonchev–Trinajstić information content (AvgIpc) is 2.57. The number of hydrogen-bond donors (Lipinski definition) is 1. The van der Waals surface area contributed by atoms with Gasteiger partial charge < -0.3 is 9.84 Å². The highest BCUT2D eigenvalue weighted by molar-refractivity contribution is 5.68. The molecule has 2 heterocycles. The number of nitrogens with zero attached hydrogens (tertiary/aromatic N) is 2. The number of pyridine rings is 2. The van der Waals surface area contributed by atoms with Gasteiger partial charge in [-0.25, -0.2) is 4.57 Å². The van der Waals surface area contributed by atoms with Crippen molar-refractivity contribution in [2.24, 2.45) is 0 Å². The Morgan fingerprint density at radius 3 is 2.65 bits per heavy atom. The van der Waals surface area contributed by atoms with Gasteiger partial charge in [0, 0.05) is 12.1 Å². The van der Waals surface area contributed by atoms with Crippen molar-refractivity contribution >= 4 is 0 Å².